The lowest BCUT2D eigenvalue weighted by Gasteiger charge is -2.20. The molecule has 15 heavy (non-hydrogen) atoms. The first-order chi connectivity index (χ1) is 6.99. The van der Waals surface area contributed by atoms with Crippen LogP contribution in [0.5, 0.6) is 0 Å². The average molecular weight is 214 g/mol. The molecule has 2 heteroatoms. The minimum absolute atomic E-state index is 0.0296. The molecule has 1 unspecified atom stereocenters. The van der Waals surface area contributed by atoms with Gasteiger partial charge >= 0.3 is 0 Å². The topological polar surface area (TPSA) is 38.0 Å². The summed E-state index contributed by atoms with van der Waals surface area (Å²) in [7, 11) is 0. The summed E-state index contributed by atoms with van der Waals surface area (Å²) in [6, 6.07) is 0. The van der Waals surface area contributed by atoms with Crippen LogP contribution in [-0.4, -0.2) is 18.6 Å². The first-order valence-corrected chi connectivity index (χ1v) is 6.49. The molecule has 3 N–H and O–H groups in total. The van der Waals surface area contributed by atoms with Gasteiger partial charge in [-0.2, -0.15) is 0 Å². The predicted molar refractivity (Wildman–Crippen MR) is 69.1 cm³/mol. The Morgan fingerprint density at radius 3 is 2.40 bits per heavy atom. The van der Waals surface area contributed by atoms with Crippen molar-refractivity contribution in [1.82, 2.24) is 5.32 Å². The van der Waals surface area contributed by atoms with E-state index in [1.165, 1.54) is 25.7 Å². The second-order valence-corrected chi connectivity index (χ2v) is 5.36. The molecular weight excluding hydrogens is 184 g/mol. The van der Waals surface area contributed by atoms with Crippen LogP contribution in [0.1, 0.15) is 59.8 Å². The standard InChI is InChI=1S/C13H30N2/c1-5-7-8-12(6-2)11-15-10-9-13(3,4)14/h12,15H,5-11,14H2,1-4H3. The maximum atomic E-state index is 5.93. The fourth-order valence-corrected chi connectivity index (χ4v) is 1.66. The normalized spacial score (nSPS) is 14.2. The van der Waals surface area contributed by atoms with E-state index in [9.17, 15) is 0 Å². The molecule has 0 saturated heterocycles. The minimum Gasteiger partial charge on any atom is -0.326 e. The van der Waals surface area contributed by atoms with Gasteiger partial charge in [-0.15, -0.1) is 0 Å². The van der Waals surface area contributed by atoms with Gasteiger partial charge in [0.2, 0.25) is 0 Å². The number of unbranched alkanes of at least 4 members (excludes halogenated alkanes) is 1. The zero-order valence-corrected chi connectivity index (χ0v) is 11.1. The maximum Gasteiger partial charge on any atom is 0.0109 e. The highest BCUT2D eigenvalue weighted by molar-refractivity contribution is 4.73. The van der Waals surface area contributed by atoms with E-state index in [0.717, 1.165) is 25.4 Å². The quantitative estimate of drug-likeness (QED) is 0.579. The Balaban J connectivity index is 3.46. The highest BCUT2D eigenvalue weighted by atomic mass is 14.9. The van der Waals surface area contributed by atoms with Crippen LogP contribution in [0, 0.1) is 5.92 Å². The smallest absolute Gasteiger partial charge is 0.0109 e. The molecule has 0 aromatic rings. The summed E-state index contributed by atoms with van der Waals surface area (Å²) >= 11 is 0. The Labute approximate surface area is 96.0 Å². The first-order valence-electron chi connectivity index (χ1n) is 6.49. The second kappa shape index (κ2) is 8.12. The van der Waals surface area contributed by atoms with Crippen molar-refractivity contribution in [2.45, 2.75) is 65.3 Å². The molecule has 0 aliphatic carbocycles. The van der Waals surface area contributed by atoms with Gasteiger partial charge in [-0.3, -0.25) is 0 Å². The molecule has 0 amide bonds. The van der Waals surface area contributed by atoms with Crippen molar-refractivity contribution in [1.29, 1.82) is 0 Å². The van der Waals surface area contributed by atoms with Gasteiger partial charge in [0.15, 0.2) is 0 Å². The molecule has 92 valence electrons. The van der Waals surface area contributed by atoms with Gasteiger partial charge in [-0.1, -0.05) is 33.1 Å². The van der Waals surface area contributed by atoms with Crippen LogP contribution < -0.4 is 11.1 Å². The Bertz CT molecular complexity index is 138. The van der Waals surface area contributed by atoms with Gasteiger partial charge in [0.25, 0.3) is 0 Å². The summed E-state index contributed by atoms with van der Waals surface area (Å²) in [5.41, 5.74) is 5.90. The fraction of sp³-hybridized carbons (Fsp3) is 1.00. The molecule has 0 aliphatic heterocycles. The molecular formula is C13H30N2. The monoisotopic (exact) mass is 214 g/mol. The Kier molecular flexibility index (Phi) is 8.07. The summed E-state index contributed by atoms with van der Waals surface area (Å²) in [5.74, 6) is 0.853. The van der Waals surface area contributed by atoms with Gasteiger partial charge in [-0.05, 0) is 45.7 Å². The predicted octanol–water partition coefficient (Wildman–Crippen LogP) is 2.92. The maximum absolute atomic E-state index is 5.93. The van der Waals surface area contributed by atoms with Crippen molar-refractivity contribution >= 4 is 0 Å². The molecule has 0 heterocycles. The van der Waals surface area contributed by atoms with E-state index in [0.29, 0.717) is 0 Å². The molecule has 0 radical (unpaired) electrons. The number of nitrogens with one attached hydrogen (secondary N) is 1. The van der Waals surface area contributed by atoms with Crippen molar-refractivity contribution in [3.8, 4) is 0 Å². The molecule has 0 fully saturated rings. The van der Waals surface area contributed by atoms with Crippen molar-refractivity contribution in [2.75, 3.05) is 13.1 Å². The molecule has 0 saturated carbocycles. The van der Waals surface area contributed by atoms with E-state index >= 15 is 0 Å². The molecule has 0 rings (SSSR count). The van der Waals surface area contributed by atoms with E-state index < -0.39 is 0 Å². The molecule has 0 spiro atoms. The van der Waals surface area contributed by atoms with E-state index in [4.69, 9.17) is 5.73 Å². The van der Waals surface area contributed by atoms with Crippen molar-refractivity contribution in [3.63, 3.8) is 0 Å². The fourth-order valence-electron chi connectivity index (χ4n) is 1.66. The summed E-state index contributed by atoms with van der Waals surface area (Å²) in [6.07, 6.45) is 6.39. The molecule has 0 bridgehead atoms. The molecule has 2 nitrogen and oxygen atoms in total. The minimum atomic E-state index is -0.0296. The zero-order valence-electron chi connectivity index (χ0n) is 11.1. The van der Waals surface area contributed by atoms with Gasteiger partial charge in [-0.25, -0.2) is 0 Å². The van der Waals surface area contributed by atoms with Crippen LogP contribution >= 0.6 is 0 Å². The Hall–Kier alpha value is -0.0800. The van der Waals surface area contributed by atoms with Crippen LogP contribution in [0.15, 0.2) is 0 Å². The number of hydrogen-bond donors (Lipinski definition) is 2. The van der Waals surface area contributed by atoms with Crippen molar-refractivity contribution in [2.24, 2.45) is 11.7 Å². The SMILES string of the molecule is CCCCC(CC)CNCCC(C)(C)N. The molecule has 0 aromatic heterocycles. The molecule has 1 atom stereocenters. The van der Waals surface area contributed by atoms with Gasteiger partial charge in [0.05, 0.1) is 0 Å². The summed E-state index contributed by atoms with van der Waals surface area (Å²) in [5, 5.41) is 3.52. The third-order valence-corrected chi connectivity index (χ3v) is 2.92. The first kappa shape index (κ1) is 14.9. The van der Waals surface area contributed by atoms with Crippen LogP contribution in [0.2, 0.25) is 0 Å². The van der Waals surface area contributed by atoms with E-state index in [1.54, 1.807) is 0 Å². The summed E-state index contributed by atoms with van der Waals surface area (Å²) in [6.45, 7) is 10.9. The summed E-state index contributed by atoms with van der Waals surface area (Å²) < 4.78 is 0. The molecule has 0 aromatic carbocycles. The van der Waals surface area contributed by atoms with E-state index in [2.05, 4.69) is 33.0 Å². The van der Waals surface area contributed by atoms with Crippen molar-refractivity contribution < 1.29 is 0 Å². The third kappa shape index (κ3) is 10.2. The number of rotatable bonds is 9. The zero-order chi connectivity index (χ0) is 11.7. The van der Waals surface area contributed by atoms with Crippen LogP contribution in [0.4, 0.5) is 0 Å². The van der Waals surface area contributed by atoms with Gasteiger partial charge < -0.3 is 11.1 Å². The average Bonchev–Trinajstić information content (AvgIpc) is 2.15. The number of hydrogen-bond acceptors (Lipinski definition) is 2. The largest absolute Gasteiger partial charge is 0.326 e. The third-order valence-electron chi connectivity index (χ3n) is 2.92. The highest BCUT2D eigenvalue weighted by Gasteiger charge is 2.10. The second-order valence-electron chi connectivity index (χ2n) is 5.36. The number of nitrogens with two attached hydrogens (primary N) is 1. The van der Waals surface area contributed by atoms with Crippen LogP contribution in [0.25, 0.3) is 0 Å². The lowest BCUT2D eigenvalue weighted by molar-refractivity contribution is 0.395. The van der Waals surface area contributed by atoms with E-state index in [1.807, 2.05) is 0 Å². The lowest BCUT2D eigenvalue weighted by Crippen LogP contribution is -2.36. The van der Waals surface area contributed by atoms with Crippen LogP contribution in [-0.2, 0) is 0 Å². The van der Waals surface area contributed by atoms with E-state index in [-0.39, 0.29) is 5.54 Å². The van der Waals surface area contributed by atoms with Crippen LogP contribution in [0.3, 0.4) is 0 Å². The Morgan fingerprint density at radius 1 is 1.27 bits per heavy atom. The summed E-state index contributed by atoms with van der Waals surface area (Å²) in [4.78, 5) is 0. The van der Waals surface area contributed by atoms with Gasteiger partial charge in [0.1, 0.15) is 0 Å². The van der Waals surface area contributed by atoms with Crippen molar-refractivity contribution in [3.05, 3.63) is 0 Å². The Morgan fingerprint density at radius 2 is 1.93 bits per heavy atom. The van der Waals surface area contributed by atoms with Gasteiger partial charge in [0, 0.05) is 5.54 Å². The highest BCUT2D eigenvalue weighted by Crippen LogP contribution is 2.11. The molecule has 0 aliphatic rings. The lowest BCUT2D eigenvalue weighted by atomic mass is 9.98.